The van der Waals surface area contributed by atoms with Crippen LogP contribution in [0.25, 0.3) is 0 Å². The van der Waals surface area contributed by atoms with E-state index in [9.17, 15) is 9.90 Å². The van der Waals surface area contributed by atoms with Crippen LogP contribution in [0.15, 0.2) is 0 Å². The van der Waals surface area contributed by atoms with Crippen LogP contribution >= 0.6 is 0 Å². The molecule has 0 aromatic carbocycles. The van der Waals surface area contributed by atoms with Gasteiger partial charge in [0.25, 0.3) is 0 Å². The van der Waals surface area contributed by atoms with Gasteiger partial charge in [0.1, 0.15) is 0 Å². The SMILES string of the molecule is CC1(C)C(CO)CC(=O)N1CCN1CCOCC1. The highest BCUT2D eigenvalue weighted by molar-refractivity contribution is 5.80. The molecule has 1 amide bonds. The zero-order valence-electron chi connectivity index (χ0n) is 11.4. The molecule has 0 bridgehead atoms. The van der Waals surface area contributed by atoms with Crippen LogP contribution in [0.4, 0.5) is 0 Å². The van der Waals surface area contributed by atoms with Crippen molar-refractivity contribution in [2.45, 2.75) is 25.8 Å². The van der Waals surface area contributed by atoms with E-state index >= 15 is 0 Å². The summed E-state index contributed by atoms with van der Waals surface area (Å²) in [6.07, 6.45) is 0.479. The highest BCUT2D eigenvalue weighted by Gasteiger charge is 2.45. The van der Waals surface area contributed by atoms with E-state index in [4.69, 9.17) is 4.74 Å². The number of carbonyl (C=O) groups excluding carboxylic acids is 1. The van der Waals surface area contributed by atoms with E-state index in [0.29, 0.717) is 6.42 Å². The molecule has 2 aliphatic heterocycles. The number of morpholine rings is 1. The van der Waals surface area contributed by atoms with Crippen LogP contribution in [-0.4, -0.2) is 72.4 Å². The fraction of sp³-hybridized carbons (Fsp3) is 0.923. The van der Waals surface area contributed by atoms with E-state index < -0.39 is 0 Å². The van der Waals surface area contributed by atoms with Gasteiger partial charge in [0.2, 0.25) is 5.91 Å². The van der Waals surface area contributed by atoms with Crippen LogP contribution in [0.5, 0.6) is 0 Å². The molecular formula is C13H24N2O3. The van der Waals surface area contributed by atoms with Gasteiger partial charge in [0.15, 0.2) is 0 Å². The van der Waals surface area contributed by atoms with E-state index in [1.165, 1.54) is 0 Å². The lowest BCUT2D eigenvalue weighted by Gasteiger charge is -2.37. The van der Waals surface area contributed by atoms with Crippen molar-refractivity contribution < 1.29 is 14.6 Å². The molecule has 2 saturated heterocycles. The minimum Gasteiger partial charge on any atom is -0.396 e. The van der Waals surface area contributed by atoms with Crippen LogP contribution in [0, 0.1) is 5.92 Å². The summed E-state index contributed by atoms with van der Waals surface area (Å²) in [6, 6.07) is 0. The Bertz CT molecular complexity index is 301. The lowest BCUT2D eigenvalue weighted by atomic mass is 9.89. The van der Waals surface area contributed by atoms with Crippen LogP contribution in [0.2, 0.25) is 0 Å². The Morgan fingerprint density at radius 2 is 2.00 bits per heavy atom. The van der Waals surface area contributed by atoms with Gasteiger partial charge in [-0.05, 0) is 13.8 Å². The highest BCUT2D eigenvalue weighted by Crippen LogP contribution is 2.34. The quantitative estimate of drug-likeness (QED) is 0.765. The zero-order valence-corrected chi connectivity index (χ0v) is 11.4. The van der Waals surface area contributed by atoms with Crippen molar-refractivity contribution >= 4 is 5.91 Å². The molecule has 18 heavy (non-hydrogen) atoms. The van der Waals surface area contributed by atoms with Crippen molar-refractivity contribution in [2.24, 2.45) is 5.92 Å². The van der Waals surface area contributed by atoms with Gasteiger partial charge in [0, 0.05) is 50.7 Å². The second kappa shape index (κ2) is 5.55. The summed E-state index contributed by atoms with van der Waals surface area (Å²) in [5.74, 6) is 0.238. The third kappa shape index (κ3) is 2.68. The normalized spacial score (nSPS) is 28.9. The molecule has 1 atom stereocenters. The Kier molecular flexibility index (Phi) is 4.25. The predicted octanol–water partition coefficient (Wildman–Crippen LogP) is -0.0620. The fourth-order valence-electron chi connectivity index (χ4n) is 2.88. The van der Waals surface area contributed by atoms with E-state index in [2.05, 4.69) is 18.7 Å². The number of rotatable bonds is 4. The molecule has 2 rings (SSSR count). The monoisotopic (exact) mass is 256 g/mol. The molecule has 1 N–H and O–H groups in total. The van der Waals surface area contributed by atoms with Crippen molar-refractivity contribution in [3.05, 3.63) is 0 Å². The summed E-state index contributed by atoms with van der Waals surface area (Å²) >= 11 is 0. The van der Waals surface area contributed by atoms with Crippen molar-refractivity contribution in [3.8, 4) is 0 Å². The first-order valence-corrected chi connectivity index (χ1v) is 6.77. The summed E-state index contributed by atoms with van der Waals surface area (Å²) in [5.41, 5.74) is -0.224. The maximum Gasteiger partial charge on any atom is 0.223 e. The van der Waals surface area contributed by atoms with Gasteiger partial charge in [-0.15, -0.1) is 0 Å². The summed E-state index contributed by atoms with van der Waals surface area (Å²) in [7, 11) is 0. The largest absolute Gasteiger partial charge is 0.396 e. The Hall–Kier alpha value is -0.650. The second-order valence-electron chi connectivity index (χ2n) is 5.74. The number of nitrogens with zero attached hydrogens (tertiary/aromatic N) is 2. The molecule has 0 radical (unpaired) electrons. The van der Waals surface area contributed by atoms with Crippen molar-refractivity contribution in [2.75, 3.05) is 46.0 Å². The Morgan fingerprint density at radius 3 is 2.56 bits per heavy atom. The maximum atomic E-state index is 12.0. The molecule has 0 saturated carbocycles. The van der Waals surface area contributed by atoms with Gasteiger partial charge < -0.3 is 14.7 Å². The van der Waals surface area contributed by atoms with E-state index in [0.717, 1.165) is 39.4 Å². The minimum atomic E-state index is -0.224. The van der Waals surface area contributed by atoms with Crippen molar-refractivity contribution in [1.29, 1.82) is 0 Å². The van der Waals surface area contributed by atoms with Gasteiger partial charge >= 0.3 is 0 Å². The molecule has 1 unspecified atom stereocenters. The van der Waals surface area contributed by atoms with E-state index in [-0.39, 0.29) is 24.0 Å². The molecule has 0 spiro atoms. The number of likely N-dealkylation sites (tertiary alicyclic amines) is 1. The average molecular weight is 256 g/mol. The van der Waals surface area contributed by atoms with Gasteiger partial charge in [-0.3, -0.25) is 9.69 Å². The summed E-state index contributed by atoms with van der Waals surface area (Å²) in [5, 5.41) is 9.35. The second-order valence-corrected chi connectivity index (χ2v) is 5.74. The number of hydrogen-bond donors (Lipinski definition) is 1. The molecular weight excluding hydrogens is 232 g/mol. The van der Waals surface area contributed by atoms with Crippen LogP contribution in [-0.2, 0) is 9.53 Å². The Labute approximate surface area is 109 Å². The van der Waals surface area contributed by atoms with Crippen molar-refractivity contribution in [1.82, 2.24) is 9.80 Å². The number of amides is 1. The van der Waals surface area contributed by atoms with Crippen LogP contribution in [0.3, 0.4) is 0 Å². The summed E-state index contributed by atoms with van der Waals surface area (Å²) in [4.78, 5) is 16.3. The third-order valence-corrected chi connectivity index (χ3v) is 4.38. The highest BCUT2D eigenvalue weighted by atomic mass is 16.5. The van der Waals surface area contributed by atoms with Gasteiger partial charge in [0.05, 0.1) is 13.2 Å². The maximum absolute atomic E-state index is 12.0. The minimum absolute atomic E-state index is 0.0645. The molecule has 5 nitrogen and oxygen atoms in total. The smallest absolute Gasteiger partial charge is 0.223 e. The number of aliphatic hydroxyl groups is 1. The van der Waals surface area contributed by atoms with Gasteiger partial charge in [-0.25, -0.2) is 0 Å². The van der Waals surface area contributed by atoms with E-state index in [1.54, 1.807) is 0 Å². The molecule has 0 aromatic rings. The standard InChI is InChI=1S/C13H24N2O3/c1-13(2)11(10-16)9-12(17)15(13)4-3-14-5-7-18-8-6-14/h11,16H,3-10H2,1-2H3. The number of hydrogen-bond acceptors (Lipinski definition) is 4. The first kappa shape index (κ1) is 13.8. The predicted molar refractivity (Wildman–Crippen MR) is 68.2 cm³/mol. The number of aliphatic hydroxyl groups excluding tert-OH is 1. The number of carbonyl (C=O) groups is 1. The third-order valence-electron chi connectivity index (χ3n) is 4.38. The molecule has 0 aromatic heterocycles. The summed E-state index contributed by atoms with van der Waals surface area (Å²) < 4.78 is 5.31. The van der Waals surface area contributed by atoms with Gasteiger partial charge in [-0.1, -0.05) is 0 Å². The van der Waals surface area contributed by atoms with E-state index in [1.807, 2.05) is 4.90 Å². The topological polar surface area (TPSA) is 53.0 Å². The Morgan fingerprint density at radius 1 is 1.33 bits per heavy atom. The van der Waals surface area contributed by atoms with Crippen molar-refractivity contribution in [3.63, 3.8) is 0 Å². The molecule has 104 valence electrons. The first-order chi connectivity index (χ1) is 8.55. The zero-order chi connectivity index (χ0) is 13.2. The molecule has 5 heteroatoms. The summed E-state index contributed by atoms with van der Waals surface area (Å²) in [6.45, 7) is 9.33. The van der Waals surface area contributed by atoms with Crippen LogP contribution in [0.1, 0.15) is 20.3 Å². The van der Waals surface area contributed by atoms with Gasteiger partial charge in [-0.2, -0.15) is 0 Å². The lowest BCUT2D eigenvalue weighted by molar-refractivity contribution is -0.130. The lowest BCUT2D eigenvalue weighted by Crippen LogP contribution is -2.49. The Balaban J connectivity index is 1.89. The average Bonchev–Trinajstić information content (AvgIpc) is 2.58. The molecule has 0 aliphatic carbocycles. The number of ether oxygens (including phenoxy) is 1. The van der Waals surface area contributed by atoms with Crippen LogP contribution < -0.4 is 0 Å². The molecule has 2 aliphatic rings. The molecule has 2 fully saturated rings. The fourth-order valence-corrected chi connectivity index (χ4v) is 2.88. The first-order valence-electron chi connectivity index (χ1n) is 6.77. The molecule has 2 heterocycles.